The van der Waals surface area contributed by atoms with E-state index in [0.29, 0.717) is 6.04 Å². The van der Waals surface area contributed by atoms with Gasteiger partial charge in [-0.25, -0.2) is 0 Å². The lowest BCUT2D eigenvalue weighted by Gasteiger charge is -2.18. The molecule has 2 rings (SSSR count). The standard InChI is InChI=1S/C14H14N2O2/c1-11-9-12-5-3-4-6-13(12)16(11)8-7-14(17-2)18-10-15/h3-6,8,11H,9H2,1-2H3. The summed E-state index contributed by atoms with van der Waals surface area (Å²) < 4.78 is 9.48. The number of nitriles is 1. The van der Waals surface area contributed by atoms with Crippen molar-refractivity contribution in [3.05, 3.63) is 47.7 Å². The molecule has 0 aliphatic carbocycles. The van der Waals surface area contributed by atoms with Gasteiger partial charge in [0.15, 0.2) is 0 Å². The van der Waals surface area contributed by atoms with Crippen LogP contribution in [0.15, 0.2) is 42.1 Å². The van der Waals surface area contributed by atoms with Crippen LogP contribution in [0.25, 0.3) is 0 Å². The summed E-state index contributed by atoms with van der Waals surface area (Å²) in [6.45, 7) is 2.13. The van der Waals surface area contributed by atoms with Crippen LogP contribution in [-0.2, 0) is 15.9 Å². The highest BCUT2D eigenvalue weighted by molar-refractivity contribution is 5.61. The van der Waals surface area contributed by atoms with Crippen LogP contribution in [0.1, 0.15) is 12.5 Å². The largest absolute Gasteiger partial charge is 0.462 e. The Bertz CT molecular complexity index is 539. The second-order valence-electron chi connectivity index (χ2n) is 4.05. The number of nitrogens with zero attached hydrogens (tertiary/aromatic N) is 2. The van der Waals surface area contributed by atoms with Gasteiger partial charge in [-0.3, -0.25) is 0 Å². The number of para-hydroxylation sites is 1. The Morgan fingerprint density at radius 3 is 3.00 bits per heavy atom. The smallest absolute Gasteiger partial charge is 0.344 e. The summed E-state index contributed by atoms with van der Waals surface area (Å²) in [5, 5.41) is 8.43. The molecule has 4 heteroatoms. The zero-order valence-corrected chi connectivity index (χ0v) is 10.4. The molecule has 0 saturated carbocycles. The molecule has 0 N–H and O–H groups in total. The molecule has 1 heterocycles. The van der Waals surface area contributed by atoms with Gasteiger partial charge in [0.05, 0.1) is 13.3 Å². The summed E-state index contributed by atoms with van der Waals surface area (Å²) in [6.07, 6.45) is 4.31. The van der Waals surface area contributed by atoms with E-state index in [-0.39, 0.29) is 5.95 Å². The molecule has 0 aromatic heterocycles. The van der Waals surface area contributed by atoms with Gasteiger partial charge in [-0.2, -0.15) is 0 Å². The van der Waals surface area contributed by atoms with Crippen LogP contribution in [0.3, 0.4) is 0 Å². The third kappa shape index (κ3) is 2.32. The Kier molecular flexibility index (Phi) is 3.57. The molecular weight excluding hydrogens is 228 g/mol. The fourth-order valence-electron chi connectivity index (χ4n) is 2.08. The minimum Gasteiger partial charge on any atom is -0.462 e. The van der Waals surface area contributed by atoms with Gasteiger partial charge in [0.2, 0.25) is 0 Å². The molecule has 0 radical (unpaired) electrons. The maximum Gasteiger partial charge on any atom is 0.344 e. The fraction of sp³-hybridized carbons (Fsp3) is 0.286. The number of benzene rings is 1. The minimum absolute atomic E-state index is 0.0640. The minimum atomic E-state index is 0.0640. The lowest BCUT2D eigenvalue weighted by molar-refractivity contribution is 0.131. The van der Waals surface area contributed by atoms with Gasteiger partial charge >= 0.3 is 5.95 Å². The maximum atomic E-state index is 8.43. The SMILES string of the molecule is COC(=C=CN1c2ccccc2CC1C)OC#N. The highest BCUT2D eigenvalue weighted by atomic mass is 16.7. The monoisotopic (exact) mass is 242 g/mol. The van der Waals surface area contributed by atoms with Crippen molar-refractivity contribution in [2.75, 3.05) is 12.0 Å². The molecule has 0 spiro atoms. The Labute approximate surface area is 106 Å². The summed E-state index contributed by atoms with van der Waals surface area (Å²) in [5.41, 5.74) is 5.30. The molecule has 1 atom stereocenters. The number of rotatable bonds is 3. The molecule has 0 amide bonds. The molecule has 0 bridgehead atoms. The van der Waals surface area contributed by atoms with E-state index in [9.17, 15) is 0 Å². The molecular formula is C14H14N2O2. The highest BCUT2D eigenvalue weighted by Gasteiger charge is 2.23. The van der Waals surface area contributed by atoms with E-state index in [1.54, 1.807) is 12.5 Å². The van der Waals surface area contributed by atoms with Crippen molar-refractivity contribution in [3.63, 3.8) is 0 Å². The van der Waals surface area contributed by atoms with Crippen molar-refractivity contribution in [2.45, 2.75) is 19.4 Å². The third-order valence-electron chi connectivity index (χ3n) is 2.91. The van der Waals surface area contributed by atoms with Crippen molar-refractivity contribution >= 4 is 5.69 Å². The predicted molar refractivity (Wildman–Crippen MR) is 67.4 cm³/mol. The van der Waals surface area contributed by atoms with E-state index < -0.39 is 0 Å². The van der Waals surface area contributed by atoms with Gasteiger partial charge in [0.25, 0.3) is 6.26 Å². The number of anilines is 1. The summed E-state index contributed by atoms with van der Waals surface area (Å²) >= 11 is 0. The fourth-order valence-corrected chi connectivity index (χ4v) is 2.08. The lowest BCUT2D eigenvalue weighted by atomic mass is 10.1. The van der Waals surface area contributed by atoms with Crippen LogP contribution in [-0.4, -0.2) is 13.2 Å². The summed E-state index contributed by atoms with van der Waals surface area (Å²) in [6, 6.07) is 8.58. The molecule has 1 aliphatic heterocycles. The first-order valence-electron chi connectivity index (χ1n) is 5.69. The van der Waals surface area contributed by atoms with E-state index in [1.165, 1.54) is 12.7 Å². The molecule has 1 aliphatic rings. The van der Waals surface area contributed by atoms with Gasteiger partial charge in [0.1, 0.15) is 0 Å². The average Bonchev–Trinajstić information content (AvgIpc) is 2.70. The first-order valence-corrected chi connectivity index (χ1v) is 5.69. The molecule has 1 aromatic rings. The first kappa shape index (κ1) is 12.1. The lowest BCUT2D eigenvalue weighted by Crippen LogP contribution is -2.22. The van der Waals surface area contributed by atoms with Crippen LogP contribution >= 0.6 is 0 Å². The molecule has 1 aromatic carbocycles. The Morgan fingerprint density at radius 2 is 2.28 bits per heavy atom. The molecule has 92 valence electrons. The van der Waals surface area contributed by atoms with Crippen LogP contribution in [0.5, 0.6) is 0 Å². The number of ether oxygens (including phenoxy) is 2. The van der Waals surface area contributed by atoms with E-state index in [0.717, 1.165) is 12.1 Å². The second-order valence-corrected chi connectivity index (χ2v) is 4.05. The average molecular weight is 242 g/mol. The van der Waals surface area contributed by atoms with Gasteiger partial charge < -0.3 is 14.4 Å². The number of hydrogen-bond acceptors (Lipinski definition) is 4. The molecule has 4 nitrogen and oxygen atoms in total. The topological polar surface area (TPSA) is 45.5 Å². The van der Waals surface area contributed by atoms with E-state index in [2.05, 4.69) is 34.4 Å². The Balaban J connectivity index is 2.30. The quantitative estimate of drug-likeness (QED) is 0.464. The number of fused-ring (bicyclic) bond motifs is 1. The maximum absolute atomic E-state index is 8.43. The van der Waals surface area contributed by atoms with Gasteiger partial charge in [-0.1, -0.05) is 18.2 Å². The zero-order valence-electron chi connectivity index (χ0n) is 10.4. The van der Waals surface area contributed by atoms with Crippen LogP contribution in [0, 0.1) is 11.5 Å². The third-order valence-corrected chi connectivity index (χ3v) is 2.91. The number of methoxy groups -OCH3 is 1. The Hall–Kier alpha value is -2.37. The number of hydrogen-bond donors (Lipinski definition) is 0. The van der Waals surface area contributed by atoms with Gasteiger partial charge in [0, 0.05) is 11.7 Å². The summed E-state index contributed by atoms with van der Waals surface area (Å²) in [5.74, 6) is 0.0640. The zero-order chi connectivity index (χ0) is 13.0. The molecule has 0 saturated heterocycles. The Morgan fingerprint density at radius 1 is 1.50 bits per heavy atom. The predicted octanol–water partition coefficient (Wildman–Crippen LogP) is 2.54. The van der Waals surface area contributed by atoms with Crippen molar-refractivity contribution in [3.8, 4) is 6.26 Å². The van der Waals surface area contributed by atoms with Crippen LogP contribution in [0.4, 0.5) is 5.69 Å². The van der Waals surface area contributed by atoms with Gasteiger partial charge in [-0.05, 0) is 30.7 Å². The first-order chi connectivity index (χ1) is 8.76. The van der Waals surface area contributed by atoms with Crippen molar-refractivity contribution in [2.24, 2.45) is 0 Å². The van der Waals surface area contributed by atoms with Crippen LogP contribution in [0.2, 0.25) is 0 Å². The molecule has 1 unspecified atom stereocenters. The van der Waals surface area contributed by atoms with Crippen molar-refractivity contribution < 1.29 is 9.47 Å². The summed E-state index contributed by atoms with van der Waals surface area (Å²) in [7, 11) is 1.44. The van der Waals surface area contributed by atoms with Crippen LogP contribution < -0.4 is 4.90 Å². The van der Waals surface area contributed by atoms with Gasteiger partial charge in [-0.15, -0.1) is 5.26 Å². The second kappa shape index (κ2) is 5.31. The highest BCUT2D eigenvalue weighted by Crippen LogP contribution is 2.31. The normalized spacial score (nSPS) is 16.3. The van der Waals surface area contributed by atoms with E-state index in [4.69, 9.17) is 10.00 Å². The van der Waals surface area contributed by atoms with Crippen molar-refractivity contribution in [1.82, 2.24) is 0 Å². The van der Waals surface area contributed by atoms with E-state index >= 15 is 0 Å². The molecule has 18 heavy (non-hydrogen) atoms. The van der Waals surface area contributed by atoms with Crippen molar-refractivity contribution in [1.29, 1.82) is 5.26 Å². The summed E-state index contributed by atoms with van der Waals surface area (Å²) in [4.78, 5) is 2.09. The van der Waals surface area contributed by atoms with E-state index in [1.807, 2.05) is 12.1 Å². The molecule has 0 fully saturated rings.